The van der Waals surface area contributed by atoms with E-state index in [9.17, 15) is 13.2 Å². The molecule has 0 bridgehead atoms. The third kappa shape index (κ3) is 3.70. The zero-order chi connectivity index (χ0) is 13.9. The summed E-state index contributed by atoms with van der Waals surface area (Å²) in [6.07, 6.45) is -3.43. The lowest BCUT2D eigenvalue weighted by Gasteiger charge is -2.31. The highest BCUT2D eigenvalue weighted by molar-refractivity contribution is 5.25. The first-order valence-electron chi connectivity index (χ1n) is 6.54. The molecule has 1 unspecified atom stereocenters. The van der Waals surface area contributed by atoms with Gasteiger partial charge in [-0.05, 0) is 31.0 Å². The summed E-state index contributed by atoms with van der Waals surface area (Å²) >= 11 is 0. The Hall–Kier alpha value is -1.07. The van der Waals surface area contributed by atoms with Gasteiger partial charge in [0.15, 0.2) is 0 Å². The summed E-state index contributed by atoms with van der Waals surface area (Å²) in [4.78, 5) is 1.54. The summed E-state index contributed by atoms with van der Waals surface area (Å²) < 4.78 is 39.3. The third-order valence-electron chi connectivity index (χ3n) is 3.59. The predicted molar refractivity (Wildman–Crippen MR) is 68.9 cm³/mol. The maximum atomic E-state index is 13.1. The molecule has 1 atom stereocenters. The molecular formula is C14H19F3N2. The van der Waals surface area contributed by atoms with Crippen molar-refractivity contribution in [3.63, 3.8) is 0 Å². The van der Waals surface area contributed by atoms with Crippen LogP contribution in [-0.4, -0.2) is 36.8 Å². The van der Waals surface area contributed by atoms with Crippen LogP contribution in [-0.2, 0) is 6.54 Å². The minimum Gasteiger partial charge on any atom is -0.315 e. The molecular weight excluding hydrogens is 253 g/mol. The van der Waals surface area contributed by atoms with Gasteiger partial charge in [-0.15, -0.1) is 0 Å². The van der Waals surface area contributed by atoms with E-state index in [2.05, 4.69) is 5.32 Å². The maximum Gasteiger partial charge on any atom is 0.405 e. The van der Waals surface area contributed by atoms with Crippen molar-refractivity contribution in [2.75, 3.05) is 19.6 Å². The van der Waals surface area contributed by atoms with E-state index in [1.165, 1.54) is 0 Å². The molecule has 1 aliphatic heterocycles. The number of hydrogen-bond donors (Lipinski definition) is 1. The molecule has 0 aromatic heterocycles. The Bertz CT molecular complexity index is 417. The molecule has 1 heterocycles. The summed E-state index contributed by atoms with van der Waals surface area (Å²) in [7, 11) is 0. The van der Waals surface area contributed by atoms with Gasteiger partial charge in [-0.1, -0.05) is 24.3 Å². The van der Waals surface area contributed by atoms with Gasteiger partial charge in [0.05, 0.1) is 0 Å². The van der Waals surface area contributed by atoms with Crippen LogP contribution in [0, 0.1) is 6.92 Å². The smallest absolute Gasteiger partial charge is 0.315 e. The average molecular weight is 272 g/mol. The molecule has 106 valence electrons. The number of halogens is 3. The lowest BCUT2D eigenvalue weighted by Crippen LogP contribution is -2.49. The second-order valence-electron chi connectivity index (χ2n) is 5.01. The lowest BCUT2D eigenvalue weighted by atomic mass is 10.1. The van der Waals surface area contributed by atoms with Crippen LogP contribution in [0.4, 0.5) is 13.2 Å². The molecule has 1 aliphatic rings. The Morgan fingerprint density at radius 2 is 2.05 bits per heavy atom. The molecule has 0 radical (unpaired) electrons. The minimum absolute atomic E-state index is 0.0185. The Kier molecular flexibility index (Phi) is 4.47. The normalized spacial score (nSPS) is 22.2. The van der Waals surface area contributed by atoms with Gasteiger partial charge in [-0.3, -0.25) is 4.90 Å². The first-order chi connectivity index (χ1) is 8.98. The fourth-order valence-electron chi connectivity index (χ4n) is 2.45. The molecule has 0 saturated carbocycles. The van der Waals surface area contributed by atoms with Crippen LogP contribution in [0.25, 0.3) is 0 Å². The molecule has 2 rings (SSSR count). The molecule has 2 nitrogen and oxygen atoms in total. The van der Waals surface area contributed by atoms with E-state index in [0.717, 1.165) is 17.5 Å². The summed E-state index contributed by atoms with van der Waals surface area (Å²) in [5.41, 5.74) is 2.01. The van der Waals surface area contributed by atoms with Gasteiger partial charge in [0, 0.05) is 19.6 Å². The fourth-order valence-corrected chi connectivity index (χ4v) is 2.45. The number of hydrogen-bond acceptors (Lipinski definition) is 2. The molecule has 5 heteroatoms. The van der Waals surface area contributed by atoms with Crippen LogP contribution in [0.15, 0.2) is 24.3 Å². The van der Waals surface area contributed by atoms with Crippen LogP contribution < -0.4 is 5.32 Å². The second kappa shape index (κ2) is 5.92. The van der Waals surface area contributed by atoms with Crippen molar-refractivity contribution in [1.29, 1.82) is 0 Å². The quantitative estimate of drug-likeness (QED) is 0.890. The number of rotatable bonds is 2. The summed E-state index contributed by atoms with van der Waals surface area (Å²) in [5.74, 6) is 0. The number of benzene rings is 1. The van der Waals surface area contributed by atoms with Crippen LogP contribution in [0.3, 0.4) is 0 Å². The second-order valence-corrected chi connectivity index (χ2v) is 5.01. The van der Waals surface area contributed by atoms with E-state index in [1.54, 1.807) is 4.90 Å². The van der Waals surface area contributed by atoms with Gasteiger partial charge in [-0.2, -0.15) is 13.2 Å². The molecule has 0 aliphatic carbocycles. The van der Waals surface area contributed by atoms with E-state index in [4.69, 9.17) is 0 Å². The van der Waals surface area contributed by atoms with Gasteiger partial charge < -0.3 is 5.32 Å². The molecule has 1 saturated heterocycles. The van der Waals surface area contributed by atoms with Gasteiger partial charge in [0.25, 0.3) is 0 Å². The van der Waals surface area contributed by atoms with Crippen molar-refractivity contribution in [2.45, 2.75) is 32.1 Å². The van der Waals surface area contributed by atoms with E-state index < -0.39 is 12.2 Å². The van der Waals surface area contributed by atoms with E-state index in [0.29, 0.717) is 19.6 Å². The van der Waals surface area contributed by atoms with Crippen molar-refractivity contribution in [3.8, 4) is 0 Å². The van der Waals surface area contributed by atoms with Crippen LogP contribution in [0.1, 0.15) is 17.5 Å². The molecule has 1 fully saturated rings. The average Bonchev–Trinajstić information content (AvgIpc) is 2.57. The zero-order valence-electron chi connectivity index (χ0n) is 11.0. The minimum atomic E-state index is -4.18. The van der Waals surface area contributed by atoms with Crippen LogP contribution in [0.5, 0.6) is 0 Å². The molecule has 1 N–H and O–H groups in total. The topological polar surface area (TPSA) is 15.3 Å². The Morgan fingerprint density at radius 3 is 2.74 bits per heavy atom. The summed E-state index contributed by atoms with van der Waals surface area (Å²) in [6.45, 7) is 3.41. The largest absolute Gasteiger partial charge is 0.405 e. The zero-order valence-corrected chi connectivity index (χ0v) is 11.0. The maximum absolute atomic E-state index is 13.1. The van der Waals surface area contributed by atoms with E-state index in [1.807, 2.05) is 31.2 Å². The van der Waals surface area contributed by atoms with Gasteiger partial charge in [0.2, 0.25) is 0 Å². The molecule has 0 amide bonds. The summed E-state index contributed by atoms with van der Waals surface area (Å²) in [6, 6.07) is 6.23. The highest BCUT2D eigenvalue weighted by atomic mass is 19.4. The fraction of sp³-hybridized carbons (Fsp3) is 0.571. The van der Waals surface area contributed by atoms with Crippen molar-refractivity contribution in [2.24, 2.45) is 0 Å². The Labute approximate surface area is 111 Å². The summed E-state index contributed by atoms with van der Waals surface area (Å²) in [5, 5.41) is 2.87. The molecule has 1 aromatic carbocycles. The molecule has 19 heavy (non-hydrogen) atoms. The number of aryl methyl sites for hydroxylation is 1. The predicted octanol–water partition coefficient (Wildman–Crippen LogP) is 2.72. The Morgan fingerprint density at radius 1 is 1.32 bits per heavy atom. The van der Waals surface area contributed by atoms with Crippen molar-refractivity contribution in [1.82, 2.24) is 10.2 Å². The monoisotopic (exact) mass is 272 g/mol. The third-order valence-corrected chi connectivity index (χ3v) is 3.59. The molecule has 0 spiro atoms. The number of nitrogens with zero attached hydrogens (tertiary/aromatic N) is 1. The number of nitrogens with one attached hydrogen (secondary N) is 1. The Balaban J connectivity index is 2.17. The van der Waals surface area contributed by atoms with Gasteiger partial charge in [0.1, 0.15) is 6.04 Å². The van der Waals surface area contributed by atoms with E-state index in [-0.39, 0.29) is 6.54 Å². The SMILES string of the molecule is Cc1ccccc1CN1CCCNCC1C(F)(F)F. The van der Waals surface area contributed by atoms with Crippen LogP contribution in [0.2, 0.25) is 0 Å². The van der Waals surface area contributed by atoms with E-state index >= 15 is 0 Å². The first-order valence-corrected chi connectivity index (χ1v) is 6.54. The van der Waals surface area contributed by atoms with Crippen molar-refractivity contribution in [3.05, 3.63) is 35.4 Å². The standard InChI is InChI=1S/C14H19F3N2/c1-11-5-2-3-6-12(11)10-19-8-4-7-18-9-13(19)14(15,16)17/h2-3,5-6,13,18H,4,7-10H2,1H3. The van der Waals surface area contributed by atoms with Crippen LogP contribution >= 0.6 is 0 Å². The molecule has 1 aromatic rings. The highest BCUT2D eigenvalue weighted by Gasteiger charge is 2.43. The van der Waals surface area contributed by atoms with Gasteiger partial charge in [-0.25, -0.2) is 0 Å². The number of alkyl halides is 3. The van der Waals surface area contributed by atoms with Crippen molar-refractivity contribution >= 4 is 0 Å². The highest BCUT2D eigenvalue weighted by Crippen LogP contribution is 2.27. The lowest BCUT2D eigenvalue weighted by molar-refractivity contribution is -0.182. The van der Waals surface area contributed by atoms with Gasteiger partial charge >= 0.3 is 6.18 Å². The van der Waals surface area contributed by atoms with Crippen molar-refractivity contribution < 1.29 is 13.2 Å². The first kappa shape index (κ1) is 14.3.